The molecule has 2 aliphatic carbocycles. The van der Waals surface area contributed by atoms with Gasteiger partial charge in [0, 0.05) is 18.4 Å². The second-order valence-electron chi connectivity index (χ2n) is 6.34. The van der Waals surface area contributed by atoms with Crippen LogP contribution in [0.25, 0.3) is 5.69 Å². The lowest BCUT2D eigenvalue weighted by Gasteiger charge is -2.28. The number of anilines is 1. The van der Waals surface area contributed by atoms with Crippen molar-refractivity contribution in [2.75, 3.05) is 5.32 Å². The van der Waals surface area contributed by atoms with Gasteiger partial charge in [-0.25, -0.2) is 4.68 Å². The predicted molar refractivity (Wildman–Crippen MR) is 85.5 cm³/mol. The van der Waals surface area contributed by atoms with Gasteiger partial charge >= 0.3 is 0 Å². The lowest BCUT2D eigenvalue weighted by molar-refractivity contribution is 0.400. The topological polar surface area (TPSA) is 29.9 Å². The van der Waals surface area contributed by atoms with E-state index < -0.39 is 0 Å². The summed E-state index contributed by atoms with van der Waals surface area (Å²) in [4.78, 5) is 0. The van der Waals surface area contributed by atoms with Crippen molar-refractivity contribution in [1.29, 1.82) is 0 Å². The third-order valence-electron chi connectivity index (χ3n) is 5.01. The van der Waals surface area contributed by atoms with E-state index >= 15 is 0 Å². The molecule has 3 nitrogen and oxygen atoms in total. The van der Waals surface area contributed by atoms with Gasteiger partial charge in [-0.3, -0.25) is 0 Å². The Morgan fingerprint density at radius 1 is 1.19 bits per heavy atom. The molecule has 0 spiro atoms. The van der Waals surface area contributed by atoms with Gasteiger partial charge in [0.05, 0.1) is 11.4 Å². The fourth-order valence-electron chi connectivity index (χ4n) is 3.96. The molecule has 2 aliphatic rings. The number of hydrogen-bond acceptors (Lipinski definition) is 2. The quantitative estimate of drug-likeness (QED) is 0.861. The second kappa shape index (κ2) is 5.06. The summed E-state index contributed by atoms with van der Waals surface area (Å²) < 4.78 is 1.93. The van der Waals surface area contributed by atoms with E-state index in [1.165, 1.54) is 18.5 Å². The molecule has 2 aromatic rings. The summed E-state index contributed by atoms with van der Waals surface area (Å²) in [5, 5.41) is 8.09. The zero-order valence-electron chi connectivity index (χ0n) is 12.3. The Hall–Kier alpha value is -2.03. The Morgan fingerprint density at radius 2 is 2.10 bits per heavy atom. The Bertz CT molecular complexity index is 644. The summed E-state index contributed by atoms with van der Waals surface area (Å²) in [6.45, 7) is 2.32. The van der Waals surface area contributed by atoms with Gasteiger partial charge in [0.2, 0.25) is 0 Å². The lowest BCUT2D eigenvalue weighted by atomic mass is 9.87. The molecule has 1 aromatic heterocycles. The van der Waals surface area contributed by atoms with Gasteiger partial charge in [-0.1, -0.05) is 24.3 Å². The first kappa shape index (κ1) is 12.7. The van der Waals surface area contributed by atoms with E-state index in [1.54, 1.807) is 0 Å². The summed E-state index contributed by atoms with van der Waals surface area (Å²) in [5.74, 6) is 2.35. The van der Waals surface area contributed by atoms with E-state index in [9.17, 15) is 0 Å². The largest absolute Gasteiger partial charge is 0.381 e. The molecule has 21 heavy (non-hydrogen) atoms. The molecular weight excluding hydrogens is 258 g/mol. The molecule has 1 saturated carbocycles. The van der Waals surface area contributed by atoms with E-state index in [2.05, 4.69) is 53.8 Å². The van der Waals surface area contributed by atoms with Crippen LogP contribution >= 0.6 is 0 Å². The monoisotopic (exact) mass is 279 g/mol. The van der Waals surface area contributed by atoms with Crippen molar-refractivity contribution in [3.8, 4) is 5.69 Å². The van der Waals surface area contributed by atoms with Crippen LogP contribution in [0.5, 0.6) is 0 Å². The maximum atomic E-state index is 4.36. The normalized spacial score (nSPS) is 28.0. The number of nitrogens with zero attached hydrogens (tertiary/aromatic N) is 2. The summed E-state index contributed by atoms with van der Waals surface area (Å²) in [7, 11) is 0. The first-order valence-electron chi connectivity index (χ1n) is 7.85. The van der Waals surface area contributed by atoms with Gasteiger partial charge < -0.3 is 5.32 Å². The summed E-state index contributed by atoms with van der Waals surface area (Å²) >= 11 is 0. The van der Waals surface area contributed by atoms with E-state index in [0.29, 0.717) is 6.04 Å². The number of nitrogens with one attached hydrogen (secondary N) is 1. The minimum atomic E-state index is 0.488. The Kier molecular flexibility index (Phi) is 3.06. The van der Waals surface area contributed by atoms with Crippen LogP contribution in [-0.2, 0) is 0 Å². The highest BCUT2D eigenvalue weighted by molar-refractivity contribution is 5.61. The third kappa shape index (κ3) is 2.27. The fourth-order valence-corrected chi connectivity index (χ4v) is 3.96. The van der Waals surface area contributed by atoms with E-state index in [1.807, 2.05) is 23.1 Å². The van der Waals surface area contributed by atoms with Crippen molar-refractivity contribution in [1.82, 2.24) is 9.78 Å². The number of hydrogen-bond donors (Lipinski definition) is 1. The fraction of sp³-hybridized carbons (Fsp3) is 0.389. The lowest BCUT2D eigenvalue weighted by Crippen LogP contribution is -2.29. The molecule has 108 valence electrons. The van der Waals surface area contributed by atoms with Crippen molar-refractivity contribution in [3.63, 3.8) is 0 Å². The molecule has 4 atom stereocenters. The van der Waals surface area contributed by atoms with Crippen molar-refractivity contribution >= 4 is 5.69 Å². The second-order valence-corrected chi connectivity index (χ2v) is 6.34. The number of benzene rings is 1. The van der Waals surface area contributed by atoms with Crippen molar-refractivity contribution in [3.05, 3.63) is 54.9 Å². The van der Waals surface area contributed by atoms with Gasteiger partial charge in [0.25, 0.3) is 0 Å². The predicted octanol–water partition coefficient (Wildman–Crippen LogP) is 3.88. The highest BCUT2D eigenvalue weighted by Crippen LogP contribution is 2.45. The number of rotatable bonds is 4. The van der Waals surface area contributed by atoms with Gasteiger partial charge in [-0.15, -0.1) is 0 Å². The number of para-hydroxylation sites is 2. The molecule has 0 saturated heterocycles. The molecule has 0 radical (unpaired) electrons. The maximum absolute atomic E-state index is 4.36. The van der Waals surface area contributed by atoms with E-state index in [-0.39, 0.29) is 0 Å². The van der Waals surface area contributed by atoms with Crippen LogP contribution in [-0.4, -0.2) is 15.8 Å². The number of allylic oxidation sites excluding steroid dienone is 2. The molecule has 1 aromatic carbocycles. The molecule has 0 aliphatic heterocycles. The van der Waals surface area contributed by atoms with Crippen molar-refractivity contribution in [2.45, 2.75) is 25.8 Å². The zero-order valence-corrected chi connectivity index (χ0v) is 12.3. The minimum absolute atomic E-state index is 0.488. The Morgan fingerprint density at radius 3 is 2.81 bits per heavy atom. The standard InChI is InChI=1S/C18H21N3/c1-13(16-12-14-7-8-15(16)11-14)20-17-5-2-3-6-18(17)21-10-4-9-19-21/h2-10,13-16,20H,11-12H2,1H3. The van der Waals surface area contributed by atoms with Gasteiger partial charge in [-0.2, -0.15) is 5.10 Å². The number of aromatic nitrogens is 2. The SMILES string of the molecule is CC(Nc1ccccc1-n1cccn1)C1CC2C=CC1C2. The highest BCUT2D eigenvalue weighted by Gasteiger charge is 2.38. The van der Waals surface area contributed by atoms with Gasteiger partial charge in [0.1, 0.15) is 0 Å². The molecule has 1 heterocycles. The molecule has 0 amide bonds. The molecule has 2 bridgehead atoms. The molecule has 1 fully saturated rings. The Balaban J connectivity index is 1.56. The van der Waals surface area contributed by atoms with Gasteiger partial charge in [0.15, 0.2) is 0 Å². The highest BCUT2D eigenvalue weighted by atomic mass is 15.3. The first-order chi connectivity index (χ1) is 10.3. The van der Waals surface area contributed by atoms with Crippen LogP contribution in [0.1, 0.15) is 19.8 Å². The summed E-state index contributed by atoms with van der Waals surface area (Å²) in [6.07, 6.45) is 11.3. The van der Waals surface area contributed by atoms with Crippen LogP contribution in [0.2, 0.25) is 0 Å². The van der Waals surface area contributed by atoms with Crippen molar-refractivity contribution in [2.24, 2.45) is 17.8 Å². The van der Waals surface area contributed by atoms with Crippen LogP contribution in [0.4, 0.5) is 5.69 Å². The van der Waals surface area contributed by atoms with Crippen LogP contribution in [0.3, 0.4) is 0 Å². The zero-order chi connectivity index (χ0) is 14.2. The van der Waals surface area contributed by atoms with Crippen LogP contribution in [0, 0.1) is 17.8 Å². The van der Waals surface area contributed by atoms with Crippen LogP contribution < -0.4 is 5.32 Å². The summed E-state index contributed by atoms with van der Waals surface area (Å²) in [5.41, 5.74) is 2.29. The van der Waals surface area contributed by atoms with Crippen LogP contribution in [0.15, 0.2) is 54.9 Å². The van der Waals surface area contributed by atoms with Gasteiger partial charge in [-0.05, 0) is 55.7 Å². The minimum Gasteiger partial charge on any atom is -0.381 e. The van der Waals surface area contributed by atoms with Crippen molar-refractivity contribution < 1.29 is 0 Å². The average molecular weight is 279 g/mol. The summed E-state index contributed by atoms with van der Waals surface area (Å²) in [6, 6.07) is 10.9. The Labute approximate surface area is 125 Å². The average Bonchev–Trinajstić information content (AvgIpc) is 3.25. The molecule has 3 heteroatoms. The molecule has 4 unspecified atom stereocenters. The first-order valence-corrected chi connectivity index (χ1v) is 7.85. The molecular formula is C18H21N3. The maximum Gasteiger partial charge on any atom is 0.0876 e. The van der Waals surface area contributed by atoms with E-state index in [4.69, 9.17) is 0 Å². The smallest absolute Gasteiger partial charge is 0.0876 e. The third-order valence-corrected chi connectivity index (χ3v) is 5.01. The molecule has 4 rings (SSSR count). The molecule has 1 N–H and O–H groups in total. The number of fused-ring (bicyclic) bond motifs is 2. The van der Waals surface area contributed by atoms with E-state index in [0.717, 1.165) is 23.4 Å².